The number of hydrogen-bond donors (Lipinski definition) is 1. The largest absolute Gasteiger partial charge is 0.327 e. The lowest BCUT2D eigenvalue weighted by molar-refractivity contribution is 0.252. The number of nitrogens with zero attached hydrogens (tertiary/aromatic N) is 3. The van der Waals surface area contributed by atoms with Crippen molar-refractivity contribution in [1.29, 1.82) is 0 Å². The van der Waals surface area contributed by atoms with E-state index in [0.717, 1.165) is 5.56 Å². The van der Waals surface area contributed by atoms with Crippen molar-refractivity contribution < 1.29 is 4.79 Å². The zero-order valence-corrected chi connectivity index (χ0v) is 8.21. The Morgan fingerprint density at radius 1 is 1.47 bits per heavy atom. The molecule has 1 rings (SSSR count). The SMILES string of the molecule is Cc1ccc(/C=C/NC(=O)N=[N+]=[N-])cc1. The van der Waals surface area contributed by atoms with E-state index in [-0.39, 0.29) is 0 Å². The minimum absolute atomic E-state index is 0.721. The van der Waals surface area contributed by atoms with Crippen LogP contribution in [0.5, 0.6) is 0 Å². The van der Waals surface area contributed by atoms with Crippen LogP contribution < -0.4 is 5.32 Å². The lowest BCUT2D eigenvalue weighted by Gasteiger charge is -1.94. The van der Waals surface area contributed by atoms with E-state index >= 15 is 0 Å². The van der Waals surface area contributed by atoms with E-state index in [1.165, 1.54) is 11.8 Å². The molecule has 76 valence electrons. The quantitative estimate of drug-likeness (QED) is 0.446. The Bertz CT molecular complexity index is 416. The van der Waals surface area contributed by atoms with Gasteiger partial charge in [-0.2, -0.15) is 0 Å². The van der Waals surface area contributed by atoms with Gasteiger partial charge in [-0.25, -0.2) is 0 Å². The molecule has 0 heterocycles. The maximum atomic E-state index is 10.7. The Morgan fingerprint density at radius 2 is 2.13 bits per heavy atom. The molecule has 0 atom stereocenters. The van der Waals surface area contributed by atoms with Gasteiger partial charge in [0.2, 0.25) is 0 Å². The molecular weight excluding hydrogens is 192 g/mol. The third-order valence-corrected chi connectivity index (χ3v) is 1.70. The highest BCUT2D eigenvalue weighted by Crippen LogP contribution is 2.04. The van der Waals surface area contributed by atoms with Gasteiger partial charge in [-0.1, -0.05) is 29.8 Å². The second-order valence-electron chi connectivity index (χ2n) is 2.88. The van der Waals surface area contributed by atoms with Crippen LogP contribution >= 0.6 is 0 Å². The van der Waals surface area contributed by atoms with Gasteiger partial charge < -0.3 is 5.32 Å². The summed E-state index contributed by atoms with van der Waals surface area (Å²) in [5.74, 6) is 0. The number of azide groups is 1. The summed E-state index contributed by atoms with van der Waals surface area (Å²) in [6, 6.07) is 7.06. The monoisotopic (exact) mass is 202 g/mol. The number of rotatable bonds is 2. The Balaban J connectivity index is 2.55. The van der Waals surface area contributed by atoms with E-state index in [2.05, 4.69) is 15.3 Å². The molecule has 2 amide bonds. The zero-order chi connectivity index (χ0) is 11.1. The Morgan fingerprint density at radius 3 is 2.73 bits per heavy atom. The van der Waals surface area contributed by atoms with Crippen LogP contribution in [-0.2, 0) is 0 Å². The van der Waals surface area contributed by atoms with Crippen LogP contribution in [0.4, 0.5) is 4.79 Å². The molecule has 0 unspecified atom stereocenters. The van der Waals surface area contributed by atoms with Crippen molar-refractivity contribution in [2.45, 2.75) is 6.92 Å². The van der Waals surface area contributed by atoms with Crippen LogP contribution in [0.25, 0.3) is 16.5 Å². The Kier molecular flexibility index (Phi) is 3.94. The lowest BCUT2D eigenvalue weighted by atomic mass is 10.1. The standard InChI is InChI=1S/C10H10N4O/c1-8-2-4-9(5-3-8)6-7-12-10(15)13-14-11/h2-7H,1H3,(H,12,15)/b7-6+. The van der Waals surface area contributed by atoms with Gasteiger partial charge in [-0.15, -0.1) is 0 Å². The fourth-order valence-electron chi connectivity index (χ4n) is 0.956. The van der Waals surface area contributed by atoms with Gasteiger partial charge in [-0.3, -0.25) is 4.79 Å². The maximum absolute atomic E-state index is 10.7. The molecule has 15 heavy (non-hydrogen) atoms. The maximum Gasteiger partial charge on any atom is 0.312 e. The van der Waals surface area contributed by atoms with Gasteiger partial charge in [-0.05, 0) is 24.1 Å². The summed E-state index contributed by atoms with van der Waals surface area (Å²) in [5.41, 5.74) is 10.1. The topological polar surface area (TPSA) is 77.9 Å². The van der Waals surface area contributed by atoms with Crippen molar-refractivity contribution in [3.8, 4) is 0 Å². The second-order valence-corrected chi connectivity index (χ2v) is 2.88. The normalized spacial score (nSPS) is 9.67. The van der Waals surface area contributed by atoms with Crippen LogP contribution in [0, 0.1) is 6.92 Å². The van der Waals surface area contributed by atoms with Crippen LogP contribution in [0.15, 0.2) is 35.6 Å². The number of hydrogen-bond acceptors (Lipinski definition) is 1. The molecule has 1 N–H and O–H groups in total. The van der Waals surface area contributed by atoms with E-state index in [0.29, 0.717) is 0 Å². The number of aryl methyl sites for hydroxylation is 1. The highest BCUT2D eigenvalue weighted by atomic mass is 16.2. The van der Waals surface area contributed by atoms with Crippen LogP contribution in [0.1, 0.15) is 11.1 Å². The van der Waals surface area contributed by atoms with Crippen LogP contribution in [0.2, 0.25) is 0 Å². The summed E-state index contributed by atoms with van der Waals surface area (Å²) in [5, 5.41) is 5.16. The molecule has 0 aromatic heterocycles. The number of carbonyl (C=O) groups is 1. The zero-order valence-electron chi connectivity index (χ0n) is 8.21. The highest BCUT2D eigenvalue weighted by Gasteiger charge is 1.90. The van der Waals surface area contributed by atoms with Gasteiger partial charge >= 0.3 is 6.03 Å². The third kappa shape index (κ3) is 3.97. The average Bonchev–Trinajstić information content (AvgIpc) is 2.21. The third-order valence-electron chi connectivity index (χ3n) is 1.70. The molecular formula is C10H10N4O. The molecule has 1 aromatic rings. The predicted octanol–water partition coefficient (Wildman–Crippen LogP) is 2.99. The van der Waals surface area contributed by atoms with Gasteiger partial charge in [0, 0.05) is 16.2 Å². The van der Waals surface area contributed by atoms with Crippen molar-refractivity contribution in [2.75, 3.05) is 0 Å². The van der Waals surface area contributed by atoms with E-state index < -0.39 is 6.03 Å². The molecule has 0 saturated heterocycles. The van der Waals surface area contributed by atoms with Gasteiger partial charge in [0.25, 0.3) is 0 Å². The summed E-state index contributed by atoms with van der Waals surface area (Å²) >= 11 is 0. The average molecular weight is 202 g/mol. The summed E-state index contributed by atoms with van der Waals surface area (Å²) in [6.07, 6.45) is 3.14. The minimum Gasteiger partial charge on any atom is -0.327 e. The van der Waals surface area contributed by atoms with Crippen LogP contribution in [-0.4, -0.2) is 6.03 Å². The summed E-state index contributed by atoms with van der Waals surface area (Å²) < 4.78 is 0. The van der Waals surface area contributed by atoms with E-state index in [9.17, 15) is 4.79 Å². The molecule has 1 aromatic carbocycles. The summed E-state index contributed by atoms with van der Waals surface area (Å²) in [4.78, 5) is 13.1. The molecule has 5 nitrogen and oxygen atoms in total. The number of nitrogens with one attached hydrogen (secondary N) is 1. The van der Waals surface area contributed by atoms with Crippen molar-refractivity contribution in [1.82, 2.24) is 5.32 Å². The molecule has 0 saturated carbocycles. The smallest absolute Gasteiger partial charge is 0.312 e. The Labute approximate surface area is 87.0 Å². The van der Waals surface area contributed by atoms with E-state index in [1.807, 2.05) is 31.2 Å². The molecule has 0 spiro atoms. The minimum atomic E-state index is -0.721. The first kappa shape index (κ1) is 10.8. The number of urea groups is 1. The molecule has 0 aliphatic carbocycles. The lowest BCUT2D eigenvalue weighted by Crippen LogP contribution is -2.10. The number of amides is 2. The van der Waals surface area contributed by atoms with Crippen molar-refractivity contribution >= 4 is 12.1 Å². The first-order chi connectivity index (χ1) is 7.22. The van der Waals surface area contributed by atoms with E-state index in [4.69, 9.17) is 5.53 Å². The molecule has 0 radical (unpaired) electrons. The fourth-order valence-corrected chi connectivity index (χ4v) is 0.956. The van der Waals surface area contributed by atoms with Gasteiger partial charge in [0.1, 0.15) is 0 Å². The molecule has 0 aliphatic heterocycles. The molecule has 0 aliphatic rings. The predicted molar refractivity (Wildman–Crippen MR) is 57.9 cm³/mol. The summed E-state index contributed by atoms with van der Waals surface area (Å²) in [6.45, 7) is 2.00. The fraction of sp³-hybridized carbons (Fsp3) is 0.100. The molecule has 0 bridgehead atoms. The van der Waals surface area contributed by atoms with E-state index in [1.54, 1.807) is 6.08 Å². The summed E-state index contributed by atoms with van der Waals surface area (Å²) in [7, 11) is 0. The van der Waals surface area contributed by atoms with Crippen molar-refractivity contribution in [3.05, 3.63) is 52.0 Å². The van der Waals surface area contributed by atoms with Gasteiger partial charge in [0.05, 0.1) is 0 Å². The van der Waals surface area contributed by atoms with Crippen molar-refractivity contribution in [3.63, 3.8) is 0 Å². The highest BCUT2D eigenvalue weighted by molar-refractivity contribution is 5.76. The van der Waals surface area contributed by atoms with Crippen LogP contribution in [0.3, 0.4) is 0 Å². The number of benzene rings is 1. The second kappa shape index (κ2) is 5.47. The van der Waals surface area contributed by atoms with Gasteiger partial charge in [0.15, 0.2) is 0 Å². The van der Waals surface area contributed by atoms with Crippen molar-refractivity contribution in [2.24, 2.45) is 5.11 Å². The molecule has 5 heteroatoms. The first-order valence-electron chi connectivity index (χ1n) is 4.31. The Hall–Kier alpha value is -2.26. The first-order valence-corrected chi connectivity index (χ1v) is 4.31. The number of carbonyl (C=O) groups excluding carboxylic acids is 1. The molecule has 0 fully saturated rings.